The lowest BCUT2D eigenvalue weighted by atomic mass is 10.1. The first-order valence-electron chi connectivity index (χ1n) is 9.39. The van der Waals surface area contributed by atoms with E-state index in [0.717, 1.165) is 12.0 Å². The number of hydrogen-bond donors (Lipinski definition) is 2. The molecule has 6 nitrogen and oxygen atoms in total. The highest BCUT2D eigenvalue weighted by Gasteiger charge is 2.25. The minimum atomic E-state index is -0.320. The summed E-state index contributed by atoms with van der Waals surface area (Å²) >= 11 is 0. The number of rotatable bonds is 4. The average Bonchev–Trinajstić information content (AvgIpc) is 2.84. The first kappa shape index (κ1) is 18.6. The van der Waals surface area contributed by atoms with Gasteiger partial charge in [-0.2, -0.15) is 0 Å². The molecule has 1 aliphatic rings. The Morgan fingerprint density at radius 3 is 2.55 bits per heavy atom. The topological polar surface area (TPSA) is 70.7 Å². The van der Waals surface area contributed by atoms with Crippen LogP contribution >= 0.6 is 0 Å². The molecule has 4 rings (SSSR count). The molecule has 0 fully saturated rings. The lowest BCUT2D eigenvalue weighted by Crippen LogP contribution is -2.30. The molecule has 146 valence electrons. The molecule has 2 N–H and O–H groups in total. The molecular weight excluding hydrogens is 366 g/mol. The molecule has 3 aromatic carbocycles. The van der Waals surface area contributed by atoms with E-state index in [-0.39, 0.29) is 11.9 Å². The smallest absolute Gasteiger partial charge is 0.319 e. The summed E-state index contributed by atoms with van der Waals surface area (Å²) < 4.78 is 5.93. The molecule has 1 aliphatic heterocycles. The minimum Gasteiger partial charge on any atom is -0.454 e. The predicted molar refractivity (Wildman–Crippen MR) is 113 cm³/mol. The lowest BCUT2D eigenvalue weighted by molar-refractivity contribution is 0.0993. The summed E-state index contributed by atoms with van der Waals surface area (Å²) in [5.41, 5.74) is 2.77. The predicted octanol–water partition coefficient (Wildman–Crippen LogP) is 4.43. The van der Waals surface area contributed by atoms with Gasteiger partial charge >= 0.3 is 6.03 Å². The largest absolute Gasteiger partial charge is 0.454 e. The van der Waals surface area contributed by atoms with Gasteiger partial charge < -0.3 is 20.3 Å². The van der Waals surface area contributed by atoms with Crippen molar-refractivity contribution >= 4 is 23.3 Å². The third-order valence-electron chi connectivity index (χ3n) is 4.76. The van der Waals surface area contributed by atoms with Crippen molar-refractivity contribution in [3.63, 3.8) is 0 Å². The first-order chi connectivity index (χ1) is 14.1. The highest BCUT2D eigenvalue weighted by atomic mass is 16.5. The van der Waals surface area contributed by atoms with Crippen LogP contribution in [0.1, 0.15) is 15.9 Å². The number of carbonyl (C=O) groups excluding carboxylic acids is 2. The quantitative estimate of drug-likeness (QED) is 0.696. The molecular formula is C23H21N3O3. The van der Waals surface area contributed by atoms with E-state index in [1.807, 2.05) is 54.6 Å². The first-order valence-corrected chi connectivity index (χ1v) is 9.39. The summed E-state index contributed by atoms with van der Waals surface area (Å²) in [5.74, 6) is 0.876. The molecule has 0 spiro atoms. The normalized spacial score (nSPS) is 12.3. The molecule has 0 aliphatic carbocycles. The number of hydrogen-bond acceptors (Lipinski definition) is 3. The minimum absolute atomic E-state index is 0.196. The van der Waals surface area contributed by atoms with Crippen molar-refractivity contribution < 1.29 is 14.3 Å². The van der Waals surface area contributed by atoms with Gasteiger partial charge in [-0.3, -0.25) is 4.79 Å². The van der Waals surface area contributed by atoms with E-state index in [1.54, 1.807) is 30.1 Å². The number of ether oxygens (including phenoxy) is 1. The fourth-order valence-electron chi connectivity index (χ4n) is 3.23. The van der Waals surface area contributed by atoms with Gasteiger partial charge in [0.1, 0.15) is 5.75 Å². The molecule has 0 bridgehead atoms. The highest BCUT2D eigenvalue weighted by Crippen LogP contribution is 2.38. The van der Waals surface area contributed by atoms with Crippen molar-refractivity contribution in [1.29, 1.82) is 0 Å². The van der Waals surface area contributed by atoms with Crippen molar-refractivity contribution in [3.8, 4) is 11.5 Å². The Balaban J connectivity index is 1.44. The lowest BCUT2D eigenvalue weighted by Gasteiger charge is -2.16. The van der Waals surface area contributed by atoms with Crippen LogP contribution < -0.4 is 20.3 Å². The van der Waals surface area contributed by atoms with Crippen LogP contribution in [0.4, 0.5) is 16.2 Å². The number of anilines is 2. The average molecular weight is 387 g/mol. The van der Waals surface area contributed by atoms with Crippen molar-refractivity contribution in [1.82, 2.24) is 5.32 Å². The molecule has 0 atom stereocenters. The Labute approximate surface area is 169 Å². The van der Waals surface area contributed by atoms with E-state index in [2.05, 4.69) is 10.6 Å². The number of para-hydroxylation sites is 2. The number of amides is 3. The van der Waals surface area contributed by atoms with Gasteiger partial charge in [-0.25, -0.2) is 4.79 Å². The second kappa shape index (κ2) is 8.06. The Bertz CT molecular complexity index is 1050. The van der Waals surface area contributed by atoms with Gasteiger partial charge in [-0.05, 0) is 42.3 Å². The fraction of sp³-hybridized carbons (Fsp3) is 0.130. The van der Waals surface area contributed by atoms with Crippen LogP contribution in [0.5, 0.6) is 11.5 Å². The van der Waals surface area contributed by atoms with Gasteiger partial charge in [-0.15, -0.1) is 0 Å². The summed E-state index contributed by atoms with van der Waals surface area (Å²) in [6, 6.07) is 22.0. The van der Waals surface area contributed by atoms with Gasteiger partial charge in [0.05, 0.1) is 11.3 Å². The number of benzene rings is 3. The summed E-state index contributed by atoms with van der Waals surface area (Å²) in [4.78, 5) is 26.6. The van der Waals surface area contributed by atoms with E-state index in [0.29, 0.717) is 35.0 Å². The highest BCUT2D eigenvalue weighted by molar-refractivity contribution is 6.10. The van der Waals surface area contributed by atoms with Gasteiger partial charge in [0.25, 0.3) is 5.91 Å². The van der Waals surface area contributed by atoms with Crippen molar-refractivity contribution in [3.05, 3.63) is 83.9 Å². The molecule has 6 heteroatoms. The zero-order valence-electron chi connectivity index (χ0n) is 16.0. The molecule has 0 saturated heterocycles. The number of nitrogens with one attached hydrogen (secondary N) is 2. The Hall–Kier alpha value is -3.80. The molecule has 29 heavy (non-hydrogen) atoms. The standard InChI is InChI=1S/C23H21N3O3/c1-26-19-9-5-6-10-21(19)29-20-12-11-17(15-18(20)22(26)27)25-23(28)24-14-13-16-7-3-2-4-8-16/h2-12,15H,13-14H2,1H3,(H2,24,25,28). The summed E-state index contributed by atoms with van der Waals surface area (Å²) in [6.07, 6.45) is 0.744. The van der Waals surface area contributed by atoms with Crippen LogP contribution in [-0.4, -0.2) is 25.5 Å². The summed E-state index contributed by atoms with van der Waals surface area (Å²) in [7, 11) is 1.70. The SMILES string of the molecule is CN1C(=O)c2cc(NC(=O)NCCc3ccccc3)ccc2Oc2ccccc21. The molecule has 0 unspecified atom stereocenters. The van der Waals surface area contributed by atoms with Crippen LogP contribution in [0.3, 0.4) is 0 Å². The summed E-state index contributed by atoms with van der Waals surface area (Å²) in [5, 5.41) is 5.61. The monoisotopic (exact) mass is 387 g/mol. The third-order valence-corrected chi connectivity index (χ3v) is 4.76. The second-order valence-electron chi connectivity index (χ2n) is 6.76. The Kier molecular flexibility index (Phi) is 5.16. The molecule has 3 aromatic rings. The molecule has 0 aromatic heterocycles. The van der Waals surface area contributed by atoms with Gasteiger partial charge in [-0.1, -0.05) is 42.5 Å². The van der Waals surface area contributed by atoms with Crippen LogP contribution in [0.2, 0.25) is 0 Å². The van der Waals surface area contributed by atoms with Gasteiger partial charge in [0, 0.05) is 19.3 Å². The Morgan fingerprint density at radius 1 is 0.966 bits per heavy atom. The van der Waals surface area contributed by atoms with Crippen LogP contribution in [0.25, 0.3) is 0 Å². The van der Waals surface area contributed by atoms with E-state index >= 15 is 0 Å². The van der Waals surface area contributed by atoms with Gasteiger partial charge in [0.2, 0.25) is 0 Å². The van der Waals surface area contributed by atoms with E-state index < -0.39 is 0 Å². The number of urea groups is 1. The number of nitrogens with zero attached hydrogens (tertiary/aromatic N) is 1. The molecule has 0 radical (unpaired) electrons. The van der Waals surface area contributed by atoms with E-state index in [4.69, 9.17) is 4.74 Å². The van der Waals surface area contributed by atoms with Crippen LogP contribution in [-0.2, 0) is 6.42 Å². The third kappa shape index (κ3) is 4.06. The molecule has 0 saturated carbocycles. The zero-order valence-corrected chi connectivity index (χ0v) is 16.0. The number of fused-ring (bicyclic) bond motifs is 2. The van der Waals surface area contributed by atoms with E-state index in [1.165, 1.54) is 0 Å². The van der Waals surface area contributed by atoms with Crippen molar-refractivity contribution in [2.75, 3.05) is 23.8 Å². The van der Waals surface area contributed by atoms with Gasteiger partial charge in [0.15, 0.2) is 5.75 Å². The van der Waals surface area contributed by atoms with Crippen molar-refractivity contribution in [2.45, 2.75) is 6.42 Å². The maximum absolute atomic E-state index is 12.9. The molecule has 1 heterocycles. The van der Waals surface area contributed by atoms with Crippen LogP contribution in [0, 0.1) is 0 Å². The summed E-state index contributed by atoms with van der Waals surface area (Å²) in [6.45, 7) is 0.515. The zero-order chi connectivity index (χ0) is 20.2. The van der Waals surface area contributed by atoms with Crippen LogP contribution in [0.15, 0.2) is 72.8 Å². The maximum atomic E-state index is 12.9. The van der Waals surface area contributed by atoms with E-state index in [9.17, 15) is 9.59 Å². The fourth-order valence-corrected chi connectivity index (χ4v) is 3.23. The molecule has 3 amide bonds. The van der Waals surface area contributed by atoms with Crippen molar-refractivity contribution in [2.24, 2.45) is 0 Å². The number of carbonyl (C=O) groups is 2. The maximum Gasteiger partial charge on any atom is 0.319 e. The second-order valence-corrected chi connectivity index (χ2v) is 6.76. The Morgan fingerprint density at radius 2 is 1.72 bits per heavy atom.